The molecule has 0 radical (unpaired) electrons. The van der Waals surface area contributed by atoms with Gasteiger partial charge in [-0.05, 0) is 54.9 Å². The molecule has 2 rings (SSSR count). The number of nitrogens with one attached hydrogen (secondary N) is 1. The second-order valence-corrected chi connectivity index (χ2v) is 7.04. The van der Waals surface area contributed by atoms with Crippen LogP contribution in [-0.4, -0.2) is 34.5 Å². The molecule has 2 aliphatic carbocycles. The lowest BCUT2D eigenvalue weighted by Gasteiger charge is -2.21. The van der Waals surface area contributed by atoms with Crippen LogP contribution in [-0.2, 0) is 9.59 Å². The van der Waals surface area contributed by atoms with Gasteiger partial charge < -0.3 is 10.4 Å². The van der Waals surface area contributed by atoms with Crippen molar-refractivity contribution < 1.29 is 14.7 Å². The van der Waals surface area contributed by atoms with Crippen LogP contribution in [0.15, 0.2) is 0 Å². The summed E-state index contributed by atoms with van der Waals surface area (Å²) in [5.41, 5.74) is 0. The molecule has 0 aromatic heterocycles. The first-order chi connectivity index (χ1) is 9.06. The van der Waals surface area contributed by atoms with Crippen molar-refractivity contribution in [1.29, 1.82) is 0 Å². The Bertz CT molecular complexity index is 348. The van der Waals surface area contributed by atoms with Crippen molar-refractivity contribution in [2.75, 3.05) is 11.5 Å². The first-order valence-corrected chi connectivity index (χ1v) is 8.29. The van der Waals surface area contributed by atoms with Gasteiger partial charge in [-0.25, -0.2) is 4.79 Å². The average molecular weight is 285 g/mol. The zero-order valence-electron chi connectivity index (χ0n) is 11.4. The standard InChI is InChI=1S/C14H23NO3S/c1-9(16)15-13(14(17)18)4-5-19-8-12-7-10-2-3-11(12)6-10/h10-13H,2-8H2,1H3,(H,15,16)(H,17,18). The third-order valence-electron chi connectivity index (χ3n) is 4.44. The van der Waals surface area contributed by atoms with Gasteiger partial charge in [0, 0.05) is 6.92 Å². The average Bonchev–Trinajstić information content (AvgIpc) is 2.94. The van der Waals surface area contributed by atoms with Gasteiger partial charge in [0.2, 0.25) is 5.91 Å². The molecular formula is C14H23NO3S. The molecule has 2 N–H and O–H groups in total. The molecule has 2 fully saturated rings. The summed E-state index contributed by atoms with van der Waals surface area (Å²) >= 11 is 1.85. The number of thioether (sulfide) groups is 1. The van der Waals surface area contributed by atoms with Crippen molar-refractivity contribution in [2.45, 2.75) is 45.1 Å². The highest BCUT2D eigenvalue weighted by Crippen LogP contribution is 2.49. The summed E-state index contributed by atoms with van der Waals surface area (Å²) in [6.07, 6.45) is 6.15. The van der Waals surface area contributed by atoms with Crippen LogP contribution in [0, 0.1) is 17.8 Å². The van der Waals surface area contributed by atoms with Gasteiger partial charge in [-0.3, -0.25) is 4.79 Å². The topological polar surface area (TPSA) is 66.4 Å². The van der Waals surface area contributed by atoms with Crippen molar-refractivity contribution in [2.24, 2.45) is 17.8 Å². The van der Waals surface area contributed by atoms with Crippen LogP contribution in [0.2, 0.25) is 0 Å². The van der Waals surface area contributed by atoms with Crippen molar-refractivity contribution >= 4 is 23.6 Å². The van der Waals surface area contributed by atoms with Crippen LogP contribution in [0.3, 0.4) is 0 Å². The van der Waals surface area contributed by atoms with Gasteiger partial charge in [0.1, 0.15) is 6.04 Å². The summed E-state index contributed by atoms with van der Waals surface area (Å²) in [5.74, 6) is 3.53. The van der Waals surface area contributed by atoms with E-state index in [1.54, 1.807) is 0 Å². The highest BCUT2D eigenvalue weighted by molar-refractivity contribution is 7.99. The first kappa shape index (κ1) is 14.7. The number of carbonyl (C=O) groups is 2. The molecule has 4 unspecified atom stereocenters. The molecule has 0 aromatic rings. The normalized spacial score (nSPS) is 30.3. The largest absolute Gasteiger partial charge is 0.480 e. The second-order valence-electron chi connectivity index (χ2n) is 5.89. The van der Waals surface area contributed by atoms with Crippen molar-refractivity contribution in [3.63, 3.8) is 0 Å². The van der Waals surface area contributed by atoms with E-state index in [0.29, 0.717) is 6.42 Å². The number of rotatable bonds is 7. The lowest BCUT2D eigenvalue weighted by Crippen LogP contribution is -2.39. The Kier molecular flexibility index (Phi) is 5.13. The van der Waals surface area contributed by atoms with Crippen molar-refractivity contribution in [3.8, 4) is 0 Å². The lowest BCUT2D eigenvalue weighted by molar-refractivity contribution is -0.141. The minimum absolute atomic E-state index is 0.273. The highest BCUT2D eigenvalue weighted by Gasteiger charge is 2.38. The second kappa shape index (κ2) is 6.64. The fourth-order valence-corrected chi connectivity index (χ4v) is 4.80. The zero-order chi connectivity index (χ0) is 13.8. The van der Waals surface area contributed by atoms with Gasteiger partial charge in [-0.15, -0.1) is 0 Å². The molecule has 19 heavy (non-hydrogen) atoms. The van der Waals surface area contributed by atoms with Gasteiger partial charge in [-0.2, -0.15) is 11.8 Å². The highest BCUT2D eigenvalue weighted by atomic mass is 32.2. The number of hydrogen-bond donors (Lipinski definition) is 2. The van der Waals surface area contributed by atoms with E-state index in [1.165, 1.54) is 32.6 Å². The van der Waals surface area contributed by atoms with Crippen LogP contribution in [0.5, 0.6) is 0 Å². The van der Waals surface area contributed by atoms with Crippen LogP contribution in [0.25, 0.3) is 0 Å². The maximum Gasteiger partial charge on any atom is 0.326 e. The number of fused-ring (bicyclic) bond motifs is 2. The molecule has 4 nitrogen and oxygen atoms in total. The summed E-state index contributed by atoms with van der Waals surface area (Å²) in [4.78, 5) is 21.9. The fourth-order valence-electron chi connectivity index (χ4n) is 3.52. The van der Waals surface area contributed by atoms with Crippen molar-refractivity contribution in [1.82, 2.24) is 5.32 Å². The number of amides is 1. The number of aliphatic carboxylic acids is 1. The van der Waals surface area contributed by atoms with Gasteiger partial charge >= 0.3 is 5.97 Å². The first-order valence-electron chi connectivity index (χ1n) is 7.14. The number of carboxylic acid groups (broad SMARTS) is 1. The molecule has 0 aromatic carbocycles. The molecule has 2 saturated carbocycles. The third kappa shape index (κ3) is 4.13. The lowest BCUT2D eigenvalue weighted by atomic mass is 9.90. The van der Waals surface area contributed by atoms with E-state index in [-0.39, 0.29) is 5.91 Å². The number of carbonyl (C=O) groups excluding carboxylic acids is 1. The summed E-state index contributed by atoms with van der Waals surface area (Å²) in [5, 5.41) is 11.5. The van der Waals surface area contributed by atoms with Gasteiger partial charge in [0.25, 0.3) is 0 Å². The molecule has 1 amide bonds. The Labute approximate surface area is 118 Å². The molecule has 2 aliphatic rings. The molecule has 0 saturated heterocycles. The van der Waals surface area contributed by atoms with E-state index in [2.05, 4.69) is 5.32 Å². The van der Waals surface area contributed by atoms with E-state index in [9.17, 15) is 9.59 Å². The Morgan fingerprint density at radius 1 is 1.37 bits per heavy atom. The molecule has 0 aliphatic heterocycles. The predicted molar refractivity (Wildman–Crippen MR) is 76.1 cm³/mol. The van der Waals surface area contributed by atoms with Crippen LogP contribution >= 0.6 is 11.8 Å². The molecule has 0 spiro atoms. The monoisotopic (exact) mass is 285 g/mol. The molecule has 4 atom stereocenters. The Morgan fingerprint density at radius 2 is 2.16 bits per heavy atom. The summed E-state index contributed by atoms with van der Waals surface area (Å²) in [7, 11) is 0. The Hall–Kier alpha value is -0.710. The molecule has 0 heterocycles. The van der Waals surface area contributed by atoms with Crippen LogP contribution in [0.1, 0.15) is 39.0 Å². The van der Waals surface area contributed by atoms with E-state index >= 15 is 0 Å². The van der Waals surface area contributed by atoms with Gasteiger partial charge in [0.15, 0.2) is 0 Å². The minimum Gasteiger partial charge on any atom is -0.480 e. The Balaban J connectivity index is 1.62. The van der Waals surface area contributed by atoms with Gasteiger partial charge in [0.05, 0.1) is 0 Å². The maximum absolute atomic E-state index is 11.0. The van der Waals surface area contributed by atoms with Crippen LogP contribution < -0.4 is 5.32 Å². The predicted octanol–water partition coefficient (Wildman–Crippen LogP) is 2.14. The van der Waals surface area contributed by atoms with E-state index in [0.717, 1.165) is 29.3 Å². The molecular weight excluding hydrogens is 262 g/mol. The quantitative estimate of drug-likeness (QED) is 0.703. The molecule has 5 heteroatoms. The van der Waals surface area contributed by atoms with E-state index < -0.39 is 12.0 Å². The third-order valence-corrected chi connectivity index (χ3v) is 5.63. The summed E-state index contributed by atoms with van der Waals surface area (Å²) in [6.45, 7) is 1.36. The summed E-state index contributed by atoms with van der Waals surface area (Å²) in [6, 6.07) is -0.731. The zero-order valence-corrected chi connectivity index (χ0v) is 12.2. The smallest absolute Gasteiger partial charge is 0.326 e. The molecule has 108 valence electrons. The molecule has 2 bridgehead atoms. The summed E-state index contributed by atoms with van der Waals surface area (Å²) < 4.78 is 0. The maximum atomic E-state index is 11.0. The number of hydrogen-bond acceptors (Lipinski definition) is 3. The van der Waals surface area contributed by atoms with Crippen molar-refractivity contribution in [3.05, 3.63) is 0 Å². The Morgan fingerprint density at radius 3 is 2.68 bits per heavy atom. The van der Waals surface area contributed by atoms with Crippen LogP contribution in [0.4, 0.5) is 0 Å². The fraction of sp³-hybridized carbons (Fsp3) is 0.857. The number of carboxylic acids is 1. The van der Waals surface area contributed by atoms with E-state index in [4.69, 9.17) is 5.11 Å². The minimum atomic E-state index is -0.935. The SMILES string of the molecule is CC(=O)NC(CCSCC1CC2CCC1C2)C(=O)O. The van der Waals surface area contributed by atoms with Gasteiger partial charge in [-0.1, -0.05) is 6.42 Å². The van der Waals surface area contributed by atoms with E-state index in [1.807, 2.05) is 11.8 Å².